The number of hydrogen-bond donors (Lipinski definition) is 2. The molecule has 1 aliphatic heterocycles. The van der Waals surface area contributed by atoms with E-state index in [9.17, 15) is 26.8 Å². The summed E-state index contributed by atoms with van der Waals surface area (Å²) in [5.41, 5.74) is 4.05. The van der Waals surface area contributed by atoms with E-state index in [-0.39, 0.29) is 35.5 Å². The van der Waals surface area contributed by atoms with Gasteiger partial charge in [-0.2, -0.15) is 8.61 Å². The minimum atomic E-state index is -4.17. The maximum Gasteiger partial charge on any atom is 0.263 e. The van der Waals surface area contributed by atoms with Gasteiger partial charge < -0.3 is 0 Å². The lowest BCUT2D eigenvalue weighted by atomic mass is 10.2. The summed E-state index contributed by atoms with van der Waals surface area (Å²) < 4.78 is 57.4. The molecule has 2 aromatic carbocycles. The number of para-hydroxylation sites is 2. The minimum Gasteiger partial charge on any atom is -0.289 e. The molecule has 0 bridgehead atoms. The van der Waals surface area contributed by atoms with Crippen molar-refractivity contribution in [3.63, 3.8) is 0 Å². The van der Waals surface area contributed by atoms with Crippen molar-refractivity contribution in [3.05, 3.63) is 72.0 Å². The molecule has 0 aliphatic carbocycles. The molecule has 0 radical (unpaired) electrons. The number of benzene rings is 2. The fourth-order valence-corrected chi connectivity index (χ4v) is 10.2. The number of amides is 1. The molecule has 226 valence electrons. The van der Waals surface area contributed by atoms with E-state index in [1.807, 2.05) is 28.2 Å². The van der Waals surface area contributed by atoms with Gasteiger partial charge in [0.2, 0.25) is 10.0 Å². The Kier molecular flexibility index (Phi) is 10.6. The average Bonchev–Trinajstić information content (AvgIpc) is 3.63. The number of thiophene rings is 1. The summed E-state index contributed by atoms with van der Waals surface area (Å²) in [6.07, 6.45) is 2.02. The number of sulfonamides is 2. The van der Waals surface area contributed by atoms with Crippen LogP contribution in [0.5, 0.6) is 0 Å². The van der Waals surface area contributed by atoms with E-state index < -0.39 is 38.5 Å². The molecule has 2 aromatic heterocycles. The molecule has 2 N–H and O–H groups in total. The molecular formula is C25H27Cl2N5O6S4. The molecule has 0 unspecified atom stereocenters. The topological polar surface area (TPSA) is 142 Å². The lowest BCUT2D eigenvalue weighted by Crippen LogP contribution is -2.61. The number of nitrogens with one attached hydrogen (secondary N) is 1. The molecule has 0 spiro atoms. The maximum absolute atomic E-state index is 13.6. The summed E-state index contributed by atoms with van der Waals surface area (Å²) in [6, 6.07) is 16.2. The number of nitrogens with zero attached hydrogens (tertiary/aromatic N) is 4. The van der Waals surface area contributed by atoms with Gasteiger partial charge in [-0.3, -0.25) is 14.0 Å². The molecule has 3 heterocycles. The third kappa shape index (κ3) is 6.95. The normalized spacial score (nSPS) is 16.8. The second kappa shape index (κ2) is 13.6. The van der Waals surface area contributed by atoms with Crippen LogP contribution in [0.15, 0.2) is 71.2 Å². The summed E-state index contributed by atoms with van der Waals surface area (Å²) in [5.74, 6) is -0.684. The standard InChI is InChI=1S/C25H26ClN5O6S4.ClH/c26-19-8-6-18(7-9-19)23-10-11-24(39-23)41(36,37)31-13-12-29(16-22(31)25(32)28-33)40(34,35)15-3-14-38-30-17-27-20-4-1-2-5-21(20)30;/h1-2,4-11,17,22,33H,3,12-16H2,(H,28,32);1H/t22-;/m1./s1. The molecule has 1 atom stereocenters. The lowest BCUT2D eigenvalue weighted by molar-refractivity contribution is -0.134. The van der Waals surface area contributed by atoms with Gasteiger partial charge in [0.25, 0.3) is 15.9 Å². The number of carbonyl (C=O) groups is 1. The van der Waals surface area contributed by atoms with Gasteiger partial charge in [0, 0.05) is 35.3 Å². The first-order valence-corrected chi connectivity index (χ1v) is 17.6. The zero-order valence-corrected chi connectivity index (χ0v) is 26.7. The van der Waals surface area contributed by atoms with Crippen molar-refractivity contribution in [1.29, 1.82) is 0 Å². The van der Waals surface area contributed by atoms with Gasteiger partial charge >= 0.3 is 0 Å². The van der Waals surface area contributed by atoms with Gasteiger partial charge in [0.15, 0.2) is 0 Å². The van der Waals surface area contributed by atoms with E-state index in [0.717, 1.165) is 36.5 Å². The molecule has 0 saturated carbocycles. The number of imidazole rings is 1. The van der Waals surface area contributed by atoms with Crippen molar-refractivity contribution in [3.8, 4) is 10.4 Å². The Hall–Kier alpha value is -2.21. The summed E-state index contributed by atoms with van der Waals surface area (Å²) >= 11 is 8.41. The highest BCUT2D eigenvalue weighted by Gasteiger charge is 2.43. The summed E-state index contributed by atoms with van der Waals surface area (Å²) in [5, 5.41) is 9.89. The number of aromatic nitrogens is 2. The van der Waals surface area contributed by atoms with Gasteiger partial charge in [0.05, 0.1) is 16.8 Å². The van der Waals surface area contributed by atoms with Crippen LogP contribution in [-0.2, 0) is 24.8 Å². The van der Waals surface area contributed by atoms with Crippen molar-refractivity contribution in [2.75, 3.05) is 31.1 Å². The Morgan fingerprint density at radius 1 is 1.07 bits per heavy atom. The van der Waals surface area contributed by atoms with E-state index in [1.54, 1.807) is 36.7 Å². The van der Waals surface area contributed by atoms with Gasteiger partial charge in [-0.15, -0.1) is 23.7 Å². The van der Waals surface area contributed by atoms with Crippen molar-refractivity contribution in [2.45, 2.75) is 16.7 Å². The summed E-state index contributed by atoms with van der Waals surface area (Å²) in [7, 11) is -7.98. The van der Waals surface area contributed by atoms with Crippen LogP contribution in [0.4, 0.5) is 0 Å². The van der Waals surface area contributed by atoms with E-state index >= 15 is 0 Å². The molecule has 1 saturated heterocycles. The molecule has 11 nitrogen and oxygen atoms in total. The molecular weight excluding hydrogens is 665 g/mol. The number of carbonyl (C=O) groups excluding carboxylic acids is 1. The first-order chi connectivity index (χ1) is 19.6. The van der Waals surface area contributed by atoms with Crippen LogP contribution >= 0.6 is 47.3 Å². The Bertz CT molecular complexity index is 1760. The van der Waals surface area contributed by atoms with E-state index in [0.29, 0.717) is 22.1 Å². The Labute approximate surface area is 263 Å². The minimum absolute atomic E-state index is 0. The van der Waals surface area contributed by atoms with E-state index in [4.69, 9.17) is 11.6 Å². The number of halogens is 2. The molecule has 4 aromatic rings. The second-order valence-electron chi connectivity index (χ2n) is 9.15. The average molecular weight is 693 g/mol. The van der Waals surface area contributed by atoms with Crippen molar-refractivity contribution >= 4 is 84.3 Å². The highest BCUT2D eigenvalue weighted by Crippen LogP contribution is 2.34. The first kappa shape index (κ1) is 32.7. The second-order valence-corrected chi connectivity index (χ2v) is 15.9. The highest BCUT2D eigenvalue weighted by atomic mass is 35.5. The highest BCUT2D eigenvalue weighted by molar-refractivity contribution is 7.98. The SMILES string of the molecule is Cl.O=C(NO)[C@H]1CN(S(=O)(=O)CCCSn2cnc3ccccc32)CCN1S(=O)(=O)c1ccc(-c2ccc(Cl)cc2)s1. The molecule has 42 heavy (non-hydrogen) atoms. The third-order valence-electron chi connectivity index (χ3n) is 6.57. The van der Waals surface area contributed by atoms with Crippen LogP contribution in [0.2, 0.25) is 5.02 Å². The molecule has 5 rings (SSSR count). The van der Waals surface area contributed by atoms with Gasteiger partial charge in [0.1, 0.15) is 16.6 Å². The van der Waals surface area contributed by atoms with Crippen LogP contribution < -0.4 is 5.48 Å². The molecule has 1 fully saturated rings. The van der Waals surface area contributed by atoms with Crippen molar-refractivity contribution in [1.82, 2.24) is 23.0 Å². The smallest absolute Gasteiger partial charge is 0.263 e. The number of rotatable bonds is 10. The zero-order valence-electron chi connectivity index (χ0n) is 21.9. The molecule has 1 amide bonds. The van der Waals surface area contributed by atoms with Crippen LogP contribution in [0.3, 0.4) is 0 Å². The van der Waals surface area contributed by atoms with Crippen LogP contribution in [0.25, 0.3) is 21.5 Å². The number of piperazine rings is 1. The number of fused-ring (bicyclic) bond motifs is 1. The van der Waals surface area contributed by atoms with Crippen molar-refractivity contribution in [2.24, 2.45) is 0 Å². The van der Waals surface area contributed by atoms with Gasteiger partial charge in [-0.25, -0.2) is 27.3 Å². The Morgan fingerprint density at radius 3 is 2.55 bits per heavy atom. The Balaban J connectivity index is 0.00000405. The fraction of sp³-hybridized carbons (Fsp3) is 0.280. The summed E-state index contributed by atoms with van der Waals surface area (Å²) in [6.45, 7) is -0.780. The van der Waals surface area contributed by atoms with Crippen LogP contribution in [0, 0.1) is 0 Å². The van der Waals surface area contributed by atoms with Crippen molar-refractivity contribution < 1.29 is 26.8 Å². The largest absolute Gasteiger partial charge is 0.289 e. The van der Waals surface area contributed by atoms with E-state index in [2.05, 4.69) is 4.98 Å². The van der Waals surface area contributed by atoms with E-state index in [1.165, 1.54) is 23.5 Å². The number of hydrogen-bond acceptors (Lipinski definition) is 9. The van der Waals surface area contributed by atoms with Crippen LogP contribution in [0.1, 0.15) is 6.42 Å². The lowest BCUT2D eigenvalue weighted by Gasteiger charge is -2.38. The quantitative estimate of drug-likeness (QED) is 0.145. The zero-order chi connectivity index (χ0) is 29.2. The fourth-order valence-electron chi connectivity index (χ4n) is 4.49. The number of hydroxylamine groups is 1. The predicted molar refractivity (Wildman–Crippen MR) is 167 cm³/mol. The van der Waals surface area contributed by atoms with Gasteiger partial charge in [-0.1, -0.05) is 35.9 Å². The predicted octanol–water partition coefficient (Wildman–Crippen LogP) is 3.94. The van der Waals surface area contributed by atoms with Gasteiger partial charge in [-0.05, 0) is 60.3 Å². The summed E-state index contributed by atoms with van der Waals surface area (Å²) in [4.78, 5) is 17.6. The first-order valence-electron chi connectivity index (χ1n) is 12.4. The molecule has 1 aliphatic rings. The maximum atomic E-state index is 13.6. The monoisotopic (exact) mass is 691 g/mol. The van der Waals surface area contributed by atoms with Crippen LogP contribution in [-0.4, -0.2) is 82.7 Å². The molecule has 17 heteroatoms. The third-order valence-corrected chi connectivity index (χ3v) is 13.3. The Morgan fingerprint density at radius 2 is 1.81 bits per heavy atom.